The number of aryl methyl sites for hydroxylation is 2. The summed E-state index contributed by atoms with van der Waals surface area (Å²) in [5, 5.41) is 15.1. The van der Waals surface area contributed by atoms with Crippen LogP contribution >= 0.6 is 0 Å². The number of anilines is 1. The van der Waals surface area contributed by atoms with E-state index in [2.05, 4.69) is 10.6 Å². The van der Waals surface area contributed by atoms with Gasteiger partial charge >= 0.3 is 6.18 Å². The van der Waals surface area contributed by atoms with E-state index in [1.54, 1.807) is 0 Å². The zero-order valence-electron chi connectivity index (χ0n) is 16.9. The van der Waals surface area contributed by atoms with Gasteiger partial charge in [0.25, 0.3) is 0 Å². The van der Waals surface area contributed by atoms with Gasteiger partial charge in [-0.25, -0.2) is 0 Å². The van der Waals surface area contributed by atoms with Gasteiger partial charge in [0.2, 0.25) is 0 Å². The van der Waals surface area contributed by atoms with Gasteiger partial charge in [-0.15, -0.1) is 0 Å². The minimum Gasteiger partial charge on any atom is -0.392 e. The van der Waals surface area contributed by atoms with Gasteiger partial charge < -0.3 is 20.6 Å². The van der Waals surface area contributed by atoms with Crippen LogP contribution in [-0.4, -0.2) is 50.0 Å². The first-order valence-corrected chi connectivity index (χ1v) is 9.13. The smallest absolute Gasteiger partial charge is 0.392 e. The predicted molar refractivity (Wildman–Crippen MR) is 109 cm³/mol. The highest BCUT2D eigenvalue weighted by Crippen LogP contribution is 2.26. The first-order chi connectivity index (χ1) is 13.1. The van der Waals surface area contributed by atoms with Gasteiger partial charge in [-0.2, -0.15) is 13.2 Å². The summed E-state index contributed by atoms with van der Waals surface area (Å²) in [5.41, 5.74) is 2.19. The number of alkyl halides is 3. The van der Waals surface area contributed by atoms with Gasteiger partial charge in [0, 0.05) is 12.2 Å². The molecule has 28 heavy (non-hydrogen) atoms. The molecule has 0 radical (unpaired) electrons. The highest BCUT2D eigenvalue weighted by atomic mass is 19.4. The molecule has 0 unspecified atom stereocenters. The monoisotopic (exact) mass is 397 g/mol. The number of hydrogen-bond acceptors (Lipinski definition) is 4. The Morgan fingerprint density at radius 1 is 1.14 bits per heavy atom. The van der Waals surface area contributed by atoms with Gasteiger partial charge in [0.15, 0.2) is 0 Å². The van der Waals surface area contributed by atoms with Crippen LogP contribution in [0.25, 0.3) is 0 Å². The highest BCUT2D eigenvalue weighted by molar-refractivity contribution is 5.52. The van der Waals surface area contributed by atoms with Crippen LogP contribution in [0.1, 0.15) is 17.5 Å². The largest absolute Gasteiger partial charge is 0.416 e. The standard InChI is InChI=1S/C21H30F3N3O/c1-16-8-10-19(15-17(16)2)26-20(25-12-6-13-27(3)4)11-9-18(7-5-14-28)21(22,23)24/h5,7-11,15,25-26,28H,6,12-14H2,1-4H3/b7-5+,18-9+,20-11-. The van der Waals surface area contributed by atoms with E-state index in [9.17, 15) is 13.2 Å². The molecule has 1 aromatic carbocycles. The van der Waals surface area contributed by atoms with Crippen molar-refractivity contribution in [2.24, 2.45) is 0 Å². The van der Waals surface area contributed by atoms with E-state index in [1.165, 1.54) is 6.08 Å². The maximum Gasteiger partial charge on any atom is 0.416 e. The number of rotatable bonds is 10. The van der Waals surface area contributed by atoms with Crippen molar-refractivity contribution >= 4 is 5.69 Å². The molecule has 0 saturated carbocycles. The molecule has 0 amide bonds. The normalized spacial score (nSPS) is 13.5. The maximum absolute atomic E-state index is 13.1. The second kappa shape index (κ2) is 11.6. The van der Waals surface area contributed by atoms with Gasteiger partial charge in [-0.3, -0.25) is 0 Å². The zero-order valence-corrected chi connectivity index (χ0v) is 16.9. The number of nitrogens with zero attached hydrogens (tertiary/aromatic N) is 1. The molecule has 1 aromatic rings. The summed E-state index contributed by atoms with van der Waals surface area (Å²) >= 11 is 0. The molecule has 0 aromatic heterocycles. The van der Waals surface area contributed by atoms with Gasteiger partial charge in [0.05, 0.1) is 12.2 Å². The fourth-order valence-corrected chi connectivity index (χ4v) is 2.34. The number of halogens is 3. The lowest BCUT2D eigenvalue weighted by molar-refractivity contribution is -0.0882. The Morgan fingerprint density at radius 3 is 2.43 bits per heavy atom. The summed E-state index contributed by atoms with van der Waals surface area (Å²) in [6, 6.07) is 5.80. The van der Waals surface area contributed by atoms with E-state index in [0.29, 0.717) is 12.4 Å². The Morgan fingerprint density at radius 2 is 1.86 bits per heavy atom. The van der Waals surface area contributed by atoms with Crippen molar-refractivity contribution < 1.29 is 18.3 Å². The maximum atomic E-state index is 13.1. The summed E-state index contributed by atoms with van der Waals surface area (Å²) in [7, 11) is 3.94. The molecule has 0 aliphatic carbocycles. The molecule has 0 saturated heterocycles. The van der Waals surface area contributed by atoms with Crippen LogP contribution in [0.5, 0.6) is 0 Å². The molecule has 0 aliphatic heterocycles. The Hall–Kier alpha value is -2.25. The lowest BCUT2D eigenvalue weighted by Gasteiger charge is -2.16. The third-order valence-electron chi connectivity index (χ3n) is 4.04. The van der Waals surface area contributed by atoms with Crippen LogP contribution in [0.3, 0.4) is 0 Å². The third-order valence-corrected chi connectivity index (χ3v) is 4.04. The van der Waals surface area contributed by atoms with Gasteiger partial charge in [-0.1, -0.05) is 18.2 Å². The molecule has 156 valence electrons. The van der Waals surface area contributed by atoms with Crippen molar-refractivity contribution in [3.63, 3.8) is 0 Å². The fraction of sp³-hybridized carbons (Fsp3) is 0.429. The molecule has 4 nitrogen and oxygen atoms in total. The molecule has 0 spiro atoms. The highest BCUT2D eigenvalue weighted by Gasteiger charge is 2.31. The average molecular weight is 397 g/mol. The van der Waals surface area contributed by atoms with Crippen molar-refractivity contribution in [1.82, 2.24) is 10.2 Å². The van der Waals surface area contributed by atoms with Crippen LogP contribution < -0.4 is 10.6 Å². The summed E-state index contributed by atoms with van der Waals surface area (Å²) < 4.78 is 39.4. The summed E-state index contributed by atoms with van der Waals surface area (Å²) in [5.74, 6) is 0.473. The number of hydrogen-bond donors (Lipinski definition) is 3. The second-order valence-electron chi connectivity index (χ2n) is 6.79. The predicted octanol–water partition coefficient (Wildman–Crippen LogP) is 4.14. The topological polar surface area (TPSA) is 47.5 Å². The molecule has 1 rings (SSSR count). The number of nitrogens with one attached hydrogen (secondary N) is 2. The van der Waals surface area contributed by atoms with E-state index in [0.717, 1.165) is 48.0 Å². The van der Waals surface area contributed by atoms with Crippen LogP contribution in [0, 0.1) is 13.8 Å². The zero-order chi connectivity index (χ0) is 21.2. The Labute approximate surface area is 165 Å². The molecule has 0 bridgehead atoms. The Kier molecular flexibility index (Phi) is 9.82. The first kappa shape index (κ1) is 23.8. The third kappa shape index (κ3) is 9.10. The quantitative estimate of drug-likeness (QED) is 0.410. The van der Waals surface area contributed by atoms with Crippen LogP contribution in [-0.2, 0) is 0 Å². The molecule has 0 fully saturated rings. The van der Waals surface area contributed by atoms with Crippen LogP contribution in [0.15, 0.2) is 53.9 Å². The van der Waals surface area contributed by atoms with Gasteiger partial charge in [-0.05, 0) is 76.3 Å². The minimum absolute atomic E-state index is 0.451. The summed E-state index contributed by atoms with van der Waals surface area (Å²) in [6.07, 6.45) is 0.645. The Balaban J connectivity index is 3.05. The fourth-order valence-electron chi connectivity index (χ4n) is 2.34. The average Bonchev–Trinajstić information content (AvgIpc) is 2.60. The van der Waals surface area contributed by atoms with Crippen LogP contribution in [0.2, 0.25) is 0 Å². The van der Waals surface area contributed by atoms with Crippen molar-refractivity contribution in [1.29, 1.82) is 0 Å². The SMILES string of the molecule is Cc1ccc(N\C(=C/C=C(\C=C\CO)C(F)(F)F)NCCCN(C)C)cc1C. The first-order valence-electron chi connectivity index (χ1n) is 9.13. The van der Waals surface area contributed by atoms with Crippen molar-refractivity contribution in [3.05, 3.63) is 65.0 Å². The van der Waals surface area contributed by atoms with E-state index >= 15 is 0 Å². The van der Waals surface area contributed by atoms with Gasteiger partial charge in [0.1, 0.15) is 5.82 Å². The summed E-state index contributed by atoms with van der Waals surface area (Å²) in [6.45, 7) is 5.01. The summed E-state index contributed by atoms with van der Waals surface area (Å²) in [4.78, 5) is 2.04. The molecule has 3 N–H and O–H groups in total. The number of allylic oxidation sites excluding steroid dienone is 4. The molecular weight excluding hydrogens is 367 g/mol. The molecule has 0 heterocycles. The van der Waals surface area contributed by atoms with E-state index in [4.69, 9.17) is 5.11 Å². The molecule has 7 heteroatoms. The number of aliphatic hydroxyl groups is 1. The van der Waals surface area contributed by atoms with Crippen molar-refractivity contribution in [3.8, 4) is 0 Å². The lowest BCUT2D eigenvalue weighted by atomic mass is 10.1. The van der Waals surface area contributed by atoms with Crippen LogP contribution in [0.4, 0.5) is 18.9 Å². The lowest BCUT2D eigenvalue weighted by Crippen LogP contribution is -2.24. The van der Waals surface area contributed by atoms with Crippen molar-refractivity contribution in [2.45, 2.75) is 26.4 Å². The molecular formula is C21H30F3N3O. The van der Waals surface area contributed by atoms with E-state index in [-0.39, 0.29) is 0 Å². The molecule has 0 atom stereocenters. The van der Waals surface area contributed by atoms with E-state index < -0.39 is 18.4 Å². The van der Waals surface area contributed by atoms with Crippen molar-refractivity contribution in [2.75, 3.05) is 39.1 Å². The minimum atomic E-state index is -4.50. The van der Waals surface area contributed by atoms with E-state index in [1.807, 2.05) is 51.0 Å². The second-order valence-corrected chi connectivity index (χ2v) is 6.79. The number of benzene rings is 1. The number of aliphatic hydroxyl groups excluding tert-OH is 1. The molecule has 0 aliphatic rings. The Bertz CT molecular complexity index is 707.